The maximum absolute atomic E-state index is 14.3. The van der Waals surface area contributed by atoms with Crippen LogP contribution in [0.5, 0.6) is 0 Å². The number of carbonyl (C=O) groups excluding carboxylic acids is 1. The minimum atomic E-state index is -1.92. The molecule has 3 unspecified atom stereocenters. The third-order valence-electron chi connectivity index (χ3n) is 17.0. The van der Waals surface area contributed by atoms with Gasteiger partial charge in [-0.3, -0.25) is 4.79 Å². The van der Waals surface area contributed by atoms with Gasteiger partial charge in [0.15, 0.2) is 18.9 Å². The van der Waals surface area contributed by atoms with Crippen LogP contribution in [-0.2, 0) is 42.7 Å². The maximum Gasteiger partial charge on any atom is 0.314 e. The molecule has 4 saturated carbocycles. The Morgan fingerprint density at radius 2 is 1.12 bits per heavy atom. The van der Waals surface area contributed by atoms with E-state index in [9.17, 15) is 71.2 Å². The van der Waals surface area contributed by atoms with Crippen molar-refractivity contribution >= 4 is 5.97 Å². The molecule has 8 fully saturated rings. The molecule has 378 valence electrons. The molecule has 4 aliphatic heterocycles. The van der Waals surface area contributed by atoms with E-state index in [2.05, 4.69) is 13.5 Å². The molecule has 0 amide bonds. The van der Waals surface area contributed by atoms with Crippen molar-refractivity contribution in [2.75, 3.05) is 19.8 Å². The van der Waals surface area contributed by atoms with Crippen LogP contribution >= 0.6 is 0 Å². The van der Waals surface area contributed by atoms with Gasteiger partial charge in [0.2, 0.25) is 6.29 Å². The summed E-state index contributed by atoms with van der Waals surface area (Å²) >= 11 is 0. The van der Waals surface area contributed by atoms with Crippen LogP contribution in [0.1, 0.15) is 78.6 Å². The van der Waals surface area contributed by atoms with E-state index in [1.54, 1.807) is 0 Å². The van der Waals surface area contributed by atoms with Crippen molar-refractivity contribution < 1.29 is 109 Å². The second kappa shape index (κ2) is 18.9. The second-order valence-corrected chi connectivity index (χ2v) is 20.8. The first-order valence-electron chi connectivity index (χ1n) is 23.2. The van der Waals surface area contributed by atoms with E-state index in [4.69, 9.17) is 37.9 Å². The maximum atomic E-state index is 14.3. The number of fused-ring (bicyclic) bond motifs is 3. The Labute approximate surface area is 381 Å². The number of hydrogen-bond acceptors (Lipinski definition) is 22. The normalized spacial score (nSPS) is 55.2. The Kier molecular flexibility index (Phi) is 14.5. The molecule has 66 heavy (non-hydrogen) atoms. The zero-order valence-electron chi connectivity index (χ0n) is 37.4. The van der Waals surface area contributed by atoms with E-state index in [0.29, 0.717) is 51.4 Å². The van der Waals surface area contributed by atoms with Gasteiger partial charge in [0.25, 0.3) is 0 Å². The van der Waals surface area contributed by atoms with E-state index >= 15 is 0 Å². The molecule has 0 aromatic rings. The van der Waals surface area contributed by atoms with Crippen molar-refractivity contribution in [1.29, 1.82) is 0 Å². The van der Waals surface area contributed by atoms with Gasteiger partial charge in [0.05, 0.1) is 36.9 Å². The number of rotatable bonds is 11. The molecule has 1 spiro atoms. The third-order valence-corrected chi connectivity index (χ3v) is 17.0. The SMILES string of the molecule is C=C1C[C@]23CCC4[C@@](C)(CCC[C@@]4(C)C(=O)OC4O[C@H](CO)[C@@H](O)[C@@H](O)[C@H]4O)C2CC[C@@]1(O[C@H]1O[C@@H](CO)[C@H](O)[C@@H](O[C@H]2O[C@@H](CO)[C@H](O)[C@@H](O)[C@@H]2O)[C@@H]1O[C@H]1O[C@@H](C)[C@H](O)[C@@H](O)[C@@H]1O)C3. The van der Waals surface area contributed by atoms with Crippen molar-refractivity contribution in [3.8, 4) is 0 Å². The quantitative estimate of drug-likeness (QED) is 0.0532. The summed E-state index contributed by atoms with van der Waals surface area (Å²) in [5.41, 5.74) is -2.19. The molecular formula is C44H70O22. The number of hydrogen-bond donors (Lipinski definition) is 13. The molecule has 0 aromatic carbocycles. The fourth-order valence-corrected chi connectivity index (χ4v) is 13.4. The number of carbonyl (C=O) groups is 1. The highest BCUT2D eigenvalue weighted by molar-refractivity contribution is 5.77. The minimum Gasteiger partial charge on any atom is -0.432 e. The molecular weight excluding hydrogens is 880 g/mol. The van der Waals surface area contributed by atoms with Crippen molar-refractivity contribution in [2.24, 2.45) is 28.1 Å². The summed E-state index contributed by atoms with van der Waals surface area (Å²) in [6.07, 6.45) is -27.4. The summed E-state index contributed by atoms with van der Waals surface area (Å²) in [5.74, 6) is -0.750. The van der Waals surface area contributed by atoms with Gasteiger partial charge in [-0.25, -0.2) is 0 Å². The first-order chi connectivity index (χ1) is 31.1. The number of esters is 1. The zero-order chi connectivity index (χ0) is 48.0. The Morgan fingerprint density at radius 3 is 1.74 bits per heavy atom. The predicted molar refractivity (Wildman–Crippen MR) is 218 cm³/mol. The Balaban J connectivity index is 1.06. The van der Waals surface area contributed by atoms with Crippen LogP contribution in [0.25, 0.3) is 0 Å². The van der Waals surface area contributed by atoms with Crippen LogP contribution in [0.2, 0.25) is 0 Å². The number of ether oxygens (including phenoxy) is 8. The summed E-state index contributed by atoms with van der Waals surface area (Å²) in [6, 6.07) is 0. The molecule has 8 aliphatic rings. The van der Waals surface area contributed by atoms with Crippen LogP contribution in [0.15, 0.2) is 12.2 Å². The van der Waals surface area contributed by atoms with Gasteiger partial charge in [0.1, 0.15) is 91.6 Å². The van der Waals surface area contributed by atoms with E-state index < -0.39 is 165 Å². The zero-order valence-corrected chi connectivity index (χ0v) is 37.4. The predicted octanol–water partition coefficient (Wildman–Crippen LogP) is -4.09. The molecule has 26 atom stereocenters. The summed E-state index contributed by atoms with van der Waals surface area (Å²) in [5, 5.41) is 137. The van der Waals surface area contributed by atoms with E-state index in [1.165, 1.54) is 6.92 Å². The summed E-state index contributed by atoms with van der Waals surface area (Å²) in [6.45, 7) is 7.77. The summed E-state index contributed by atoms with van der Waals surface area (Å²) in [7, 11) is 0. The van der Waals surface area contributed by atoms with Crippen LogP contribution in [-0.4, -0.2) is 221 Å². The molecule has 0 radical (unpaired) electrons. The van der Waals surface area contributed by atoms with Gasteiger partial charge in [-0.15, -0.1) is 0 Å². The molecule has 4 aliphatic carbocycles. The smallest absolute Gasteiger partial charge is 0.314 e. The fraction of sp³-hybridized carbons (Fsp3) is 0.932. The lowest BCUT2D eigenvalue weighted by Crippen LogP contribution is -2.67. The molecule has 22 nitrogen and oxygen atoms in total. The highest BCUT2D eigenvalue weighted by Crippen LogP contribution is 2.73. The largest absolute Gasteiger partial charge is 0.432 e. The Bertz CT molecular complexity index is 1740. The van der Waals surface area contributed by atoms with Gasteiger partial charge >= 0.3 is 5.97 Å². The summed E-state index contributed by atoms with van der Waals surface area (Å²) < 4.78 is 48.4. The van der Waals surface area contributed by atoms with Gasteiger partial charge in [0, 0.05) is 0 Å². The van der Waals surface area contributed by atoms with Gasteiger partial charge in [-0.2, -0.15) is 0 Å². The van der Waals surface area contributed by atoms with Crippen molar-refractivity contribution in [1.82, 2.24) is 0 Å². The third kappa shape index (κ3) is 8.30. The average molecular weight is 951 g/mol. The highest BCUT2D eigenvalue weighted by atomic mass is 16.8. The standard InChI is InChI=1S/C44H70O22/c1-17-12-43-10-6-22-41(3,8-5-9-42(22,4)40(58)65-38-33(57)30(54)26(50)20(14-46)61-38)23(43)7-11-44(17,16-43)66-39-35(64-36-31(55)28(52)24(48)18(2)59-36)34(27(51)21(15-47)62-39)63-37-32(56)29(53)25(49)19(13-45)60-37/h18-39,45-57H,1,5-16H2,2-4H3/t18-,19-,20+,21-,22?,23?,24-,25-,26+,27-,28+,29+,30+,31-,32-,33+,34+,35-,36+,37+,38?,39+,41+,42+,43-,44+/m0/s1. The van der Waals surface area contributed by atoms with Gasteiger partial charge < -0.3 is 104 Å². The first kappa shape index (κ1) is 50.8. The van der Waals surface area contributed by atoms with Crippen molar-refractivity contribution in [3.63, 3.8) is 0 Å². The van der Waals surface area contributed by atoms with Crippen LogP contribution < -0.4 is 0 Å². The summed E-state index contributed by atoms with van der Waals surface area (Å²) in [4.78, 5) is 14.3. The average Bonchev–Trinajstić information content (AvgIpc) is 3.48. The first-order valence-corrected chi connectivity index (χ1v) is 23.2. The second-order valence-electron chi connectivity index (χ2n) is 20.8. The molecule has 8 rings (SSSR count). The molecule has 2 bridgehead atoms. The molecule has 0 aromatic heterocycles. The number of aliphatic hydroxyl groups is 13. The minimum absolute atomic E-state index is 0.0493. The lowest BCUT2D eigenvalue weighted by Gasteiger charge is -2.64. The van der Waals surface area contributed by atoms with Crippen LogP contribution in [0.3, 0.4) is 0 Å². The Hall–Kier alpha value is -1.59. The molecule has 4 heterocycles. The molecule has 4 saturated heterocycles. The monoisotopic (exact) mass is 950 g/mol. The van der Waals surface area contributed by atoms with Gasteiger partial charge in [-0.05, 0) is 93.5 Å². The van der Waals surface area contributed by atoms with E-state index in [-0.39, 0.29) is 17.3 Å². The van der Waals surface area contributed by atoms with E-state index in [1.807, 2.05) is 6.92 Å². The lowest BCUT2D eigenvalue weighted by atomic mass is 9.41. The molecule has 13 N–H and O–H groups in total. The molecule has 22 heteroatoms. The number of aliphatic hydroxyl groups excluding tert-OH is 13. The van der Waals surface area contributed by atoms with Crippen LogP contribution in [0, 0.1) is 28.1 Å². The Morgan fingerprint density at radius 1 is 0.606 bits per heavy atom. The topological polar surface area (TPSA) is 354 Å². The van der Waals surface area contributed by atoms with Crippen molar-refractivity contribution in [2.45, 2.75) is 207 Å². The van der Waals surface area contributed by atoms with Gasteiger partial charge in [-0.1, -0.05) is 19.9 Å². The van der Waals surface area contributed by atoms with Crippen molar-refractivity contribution in [3.05, 3.63) is 12.2 Å². The highest BCUT2D eigenvalue weighted by Gasteiger charge is 2.70. The lowest BCUT2D eigenvalue weighted by molar-refractivity contribution is -0.398. The van der Waals surface area contributed by atoms with E-state index in [0.717, 1.165) is 12.0 Å². The van der Waals surface area contributed by atoms with Crippen LogP contribution in [0.4, 0.5) is 0 Å². The fourth-order valence-electron chi connectivity index (χ4n) is 13.4.